The monoisotopic (exact) mass is 609 g/mol. The van der Waals surface area contributed by atoms with Crippen LogP contribution in [0.25, 0.3) is 22.3 Å². The lowest BCUT2D eigenvalue weighted by atomic mass is 9.96. The molecule has 1 N–H and O–H groups in total. The summed E-state index contributed by atoms with van der Waals surface area (Å²) < 4.78 is 24.7. The normalized spacial score (nSPS) is 16.2. The maximum Gasteiger partial charge on any atom is 0.338 e. The number of carboxylic acids is 1. The zero-order valence-corrected chi connectivity index (χ0v) is 25.6. The van der Waals surface area contributed by atoms with Crippen molar-refractivity contribution < 1.29 is 19.0 Å². The summed E-state index contributed by atoms with van der Waals surface area (Å²) in [5.74, 6) is -2.02. The van der Waals surface area contributed by atoms with Gasteiger partial charge in [-0.1, -0.05) is 31.2 Å². The smallest absolute Gasteiger partial charge is 0.338 e. The van der Waals surface area contributed by atoms with E-state index in [1.807, 2.05) is 39.9 Å². The lowest BCUT2D eigenvalue weighted by molar-refractivity contribution is 0.0696. The maximum absolute atomic E-state index is 14.8. The van der Waals surface area contributed by atoms with Gasteiger partial charge in [0, 0.05) is 57.3 Å². The van der Waals surface area contributed by atoms with E-state index in [2.05, 4.69) is 40.7 Å². The van der Waals surface area contributed by atoms with Crippen LogP contribution in [0.2, 0.25) is 30.8 Å². The molecule has 220 valence electrons. The van der Waals surface area contributed by atoms with Crippen LogP contribution in [0.5, 0.6) is 0 Å². The zero-order valence-electron chi connectivity index (χ0n) is 23.8. The van der Waals surface area contributed by atoms with Gasteiger partial charge in [0.05, 0.1) is 29.8 Å². The fourth-order valence-corrected chi connectivity index (χ4v) is 6.34. The summed E-state index contributed by atoms with van der Waals surface area (Å²) in [5, 5.41) is 19.5. The van der Waals surface area contributed by atoms with Gasteiger partial charge in [-0.25, -0.2) is 24.1 Å². The van der Waals surface area contributed by atoms with Gasteiger partial charge in [-0.05, 0) is 36.6 Å². The van der Waals surface area contributed by atoms with Crippen molar-refractivity contribution in [3.8, 4) is 17.3 Å². The molecule has 0 saturated carbocycles. The number of anilines is 1. The third-order valence-corrected chi connectivity index (χ3v) is 9.66. The highest BCUT2D eigenvalue weighted by Crippen LogP contribution is 2.36. The number of pyridine rings is 1. The van der Waals surface area contributed by atoms with Crippen molar-refractivity contribution >= 4 is 42.5 Å². The Kier molecular flexibility index (Phi) is 8.63. The summed E-state index contributed by atoms with van der Waals surface area (Å²) in [4.78, 5) is 26.2. The van der Waals surface area contributed by atoms with Gasteiger partial charge in [-0.2, -0.15) is 5.26 Å². The zero-order chi connectivity index (χ0) is 30.0. The Hall–Kier alpha value is -3.79. The molecule has 0 amide bonds. The quantitative estimate of drug-likeness (QED) is 0.123. The molecule has 1 fully saturated rings. The lowest BCUT2D eigenvalue weighted by Crippen LogP contribution is -2.26. The first-order valence-electron chi connectivity index (χ1n) is 13.8. The molecule has 5 rings (SSSR count). The highest BCUT2D eigenvalue weighted by atomic mass is 35.5. The predicted octanol–water partition coefficient (Wildman–Crippen LogP) is 6.08. The van der Waals surface area contributed by atoms with Crippen molar-refractivity contribution in [3.63, 3.8) is 0 Å². The van der Waals surface area contributed by atoms with Gasteiger partial charge in [0.15, 0.2) is 11.6 Å². The summed E-state index contributed by atoms with van der Waals surface area (Å²) >= 11 is 6.02. The Morgan fingerprint density at radius 3 is 2.86 bits per heavy atom. The van der Waals surface area contributed by atoms with Gasteiger partial charge >= 0.3 is 5.97 Å². The van der Waals surface area contributed by atoms with E-state index in [-0.39, 0.29) is 34.9 Å². The first-order valence-corrected chi connectivity index (χ1v) is 17.9. The van der Waals surface area contributed by atoms with Crippen LogP contribution in [0.15, 0.2) is 43.1 Å². The number of halogens is 2. The number of nitriles is 1. The predicted molar refractivity (Wildman–Crippen MR) is 161 cm³/mol. The van der Waals surface area contributed by atoms with E-state index < -0.39 is 19.9 Å². The number of hydrogen-bond acceptors (Lipinski definition) is 7. The van der Waals surface area contributed by atoms with Crippen LogP contribution >= 0.6 is 11.6 Å². The molecule has 0 radical (unpaired) electrons. The molecule has 4 aromatic rings. The second-order valence-electron chi connectivity index (χ2n) is 11.8. The average molecular weight is 610 g/mol. The molecule has 0 bridgehead atoms. The number of ether oxygens (including phenoxy) is 1. The van der Waals surface area contributed by atoms with E-state index in [4.69, 9.17) is 16.3 Å². The molecule has 2 atom stereocenters. The Labute approximate surface area is 249 Å². The fourth-order valence-electron chi connectivity index (χ4n) is 5.37. The highest BCUT2D eigenvalue weighted by molar-refractivity contribution is 6.76. The summed E-state index contributed by atoms with van der Waals surface area (Å²) in [6.07, 6.45) is 8.43. The molecule has 0 spiro atoms. The first kappa shape index (κ1) is 29.7. The van der Waals surface area contributed by atoms with E-state index in [0.717, 1.165) is 41.0 Å². The van der Waals surface area contributed by atoms with Crippen LogP contribution in [-0.2, 0) is 11.5 Å². The molecule has 4 aromatic heterocycles. The Morgan fingerprint density at radius 1 is 1.31 bits per heavy atom. The summed E-state index contributed by atoms with van der Waals surface area (Å²) in [7, 11) is -1.17. The minimum absolute atomic E-state index is 0.0220. The molecule has 13 heteroatoms. The van der Waals surface area contributed by atoms with Gasteiger partial charge in [-0.3, -0.25) is 0 Å². The van der Waals surface area contributed by atoms with E-state index in [9.17, 15) is 19.6 Å². The van der Waals surface area contributed by atoms with Crippen molar-refractivity contribution in [1.82, 2.24) is 24.1 Å². The maximum atomic E-state index is 14.8. The summed E-state index contributed by atoms with van der Waals surface area (Å²) in [5.41, 5.74) is 2.12. The van der Waals surface area contributed by atoms with Crippen molar-refractivity contribution in [1.29, 1.82) is 5.26 Å². The molecular formula is C29H33ClFN7O3Si. The first-order chi connectivity index (χ1) is 20.1. The lowest BCUT2D eigenvalue weighted by Gasteiger charge is -2.24. The highest BCUT2D eigenvalue weighted by Gasteiger charge is 2.33. The van der Waals surface area contributed by atoms with E-state index in [0.29, 0.717) is 26.2 Å². The molecule has 1 saturated heterocycles. The largest absolute Gasteiger partial charge is 0.478 e. The fraction of sp³-hybridized carbons (Fsp3) is 0.414. The Morgan fingerprint density at radius 2 is 2.12 bits per heavy atom. The minimum atomic E-state index is -1.34. The van der Waals surface area contributed by atoms with Gasteiger partial charge in [0.2, 0.25) is 0 Å². The third-order valence-electron chi connectivity index (χ3n) is 7.66. The third kappa shape index (κ3) is 6.33. The topological polar surface area (TPSA) is 122 Å². The van der Waals surface area contributed by atoms with Crippen LogP contribution in [0.3, 0.4) is 0 Å². The summed E-state index contributed by atoms with van der Waals surface area (Å²) in [6, 6.07) is 8.11. The number of nitrogens with zero attached hydrogens (tertiary/aromatic N) is 7. The van der Waals surface area contributed by atoms with Gasteiger partial charge < -0.3 is 23.9 Å². The van der Waals surface area contributed by atoms with Crippen molar-refractivity contribution in [3.05, 3.63) is 59.7 Å². The molecular weight excluding hydrogens is 577 g/mol. The standard InChI is InChI=1S/C29H33ClFN7O3Si/c1-42(2,3)13-12-41-18-38-11-7-21-25(33-17-34-27(21)38)20-6-9-36(16-20)24(4-8-32)19-5-10-37(15-19)28-23(31)14-22(29(39)40)26(30)35-28/h6-7,9,11,14,16-17,19,24H,4-5,10,12-13,15,18H2,1-3H3,(H,39,40)/t19-,24-/m0/s1. The van der Waals surface area contributed by atoms with Crippen LogP contribution in [0.4, 0.5) is 10.2 Å². The van der Waals surface area contributed by atoms with Gasteiger partial charge in [0.25, 0.3) is 0 Å². The molecule has 0 aliphatic carbocycles. The van der Waals surface area contributed by atoms with Crippen LogP contribution in [-0.4, -0.2) is 62.9 Å². The summed E-state index contributed by atoms with van der Waals surface area (Å²) in [6.45, 7) is 9.08. The number of aromatic carboxylic acids is 1. The van der Waals surface area contributed by atoms with Gasteiger partial charge in [-0.15, -0.1) is 0 Å². The van der Waals surface area contributed by atoms with Crippen LogP contribution in [0.1, 0.15) is 29.2 Å². The molecule has 10 nitrogen and oxygen atoms in total. The molecule has 42 heavy (non-hydrogen) atoms. The van der Waals surface area contributed by atoms with Crippen LogP contribution < -0.4 is 4.90 Å². The van der Waals surface area contributed by atoms with E-state index in [1.165, 1.54) is 0 Å². The number of hydrogen-bond donors (Lipinski definition) is 1. The molecule has 0 unspecified atom stereocenters. The van der Waals surface area contributed by atoms with Crippen molar-refractivity contribution in [2.24, 2.45) is 5.92 Å². The van der Waals surface area contributed by atoms with Gasteiger partial charge in [0.1, 0.15) is 23.9 Å². The molecule has 1 aliphatic heterocycles. The average Bonchev–Trinajstić information content (AvgIpc) is 3.70. The number of fused-ring (bicyclic) bond motifs is 1. The van der Waals surface area contributed by atoms with Crippen LogP contribution in [0, 0.1) is 23.1 Å². The molecule has 0 aromatic carbocycles. The van der Waals surface area contributed by atoms with Crippen molar-refractivity contribution in [2.75, 3.05) is 24.6 Å². The molecule has 5 heterocycles. The van der Waals surface area contributed by atoms with E-state index >= 15 is 0 Å². The number of carboxylic acid groups (broad SMARTS) is 1. The minimum Gasteiger partial charge on any atom is -0.478 e. The Bertz CT molecular complexity index is 1640. The number of rotatable bonds is 11. The Balaban J connectivity index is 1.33. The number of aromatic nitrogens is 5. The number of carbonyl (C=O) groups is 1. The second kappa shape index (κ2) is 12.2. The second-order valence-corrected chi connectivity index (χ2v) is 17.8. The van der Waals surface area contributed by atoms with Crippen molar-refractivity contribution in [2.45, 2.75) is 51.3 Å². The SMILES string of the molecule is C[Si](C)(C)CCOCn1ccc2c(-c3ccn([C@@H](CC#N)[C@H]4CCN(c5nc(Cl)c(C(=O)O)cc5F)C4)c3)ncnc21. The molecule has 1 aliphatic rings. The van der Waals surface area contributed by atoms with E-state index in [1.54, 1.807) is 11.2 Å².